The van der Waals surface area contributed by atoms with Crippen molar-refractivity contribution in [2.75, 3.05) is 19.8 Å². The Morgan fingerprint density at radius 3 is 2.47 bits per heavy atom. The molecule has 0 bridgehead atoms. The van der Waals surface area contributed by atoms with Crippen molar-refractivity contribution in [2.24, 2.45) is 34.5 Å². The van der Waals surface area contributed by atoms with Crippen LogP contribution in [0.15, 0.2) is 48.1 Å². The van der Waals surface area contributed by atoms with Crippen molar-refractivity contribution < 1.29 is 58.3 Å². The van der Waals surface area contributed by atoms with E-state index < -0.39 is 70.0 Å². The van der Waals surface area contributed by atoms with Crippen molar-refractivity contribution in [1.29, 1.82) is 0 Å². The van der Waals surface area contributed by atoms with Gasteiger partial charge in [0.05, 0.1) is 19.3 Å². The Morgan fingerprint density at radius 2 is 1.79 bits per heavy atom. The second-order valence-corrected chi connectivity index (χ2v) is 15.2. The van der Waals surface area contributed by atoms with E-state index in [2.05, 4.69) is 17.1 Å². The van der Waals surface area contributed by atoms with Crippen molar-refractivity contribution in [2.45, 2.75) is 90.4 Å². The van der Waals surface area contributed by atoms with Crippen LogP contribution in [-0.4, -0.2) is 82.5 Å². The first-order valence-corrected chi connectivity index (χ1v) is 18.0. The SMILES string of the molecule is CC(=O)N[C@@H](Cc1ccc(OC(=O)OCC(=O)[C@@]2(O)[C@@H](C)CC3[C@@H]4CCC5=CC(=O)C=C[C@]5(C)C4[C@@H](O)C[C@@]32C)cc1)C(=O)OCCCCO[N+](=O)[O-]. The molecule has 0 spiro atoms. The number of benzene rings is 1. The molecule has 53 heavy (non-hydrogen) atoms. The van der Waals surface area contributed by atoms with Gasteiger partial charge in [-0.2, -0.15) is 0 Å². The number of nitrogens with one attached hydrogen (secondary N) is 1. The highest BCUT2D eigenvalue weighted by Gasteiger charge is 2.70. The van der Waals surface area contributed by atoms with Crippen molar-refractivity contribution in [3.63, 3.8) is 0 Å². The lowest BCUT2D eigenvalue weighted by molar-refractivity contribution is -0.757. The highest BCUT2D eigenvalue weighted by atomic mass is 16.9. The number of ketones is 2. The largest absolute Gasteiger partial charge is 0.514 e. The molecule has 0 radical (unpaired) electrons. The van der Waals surface area contributed by atoms with Crippen molar-refractivity contribution in [3.8, 4) is 5.75 Å². The Bertz CT molecular complexity index is 1670. The summed E-state index contributed by atoms with van der Waals surface area (Å²) >= 11 is 0. The topological polar surface area (TPSA) is 218 Å². The average Bonchev–Trinajstić information content (AvgIpc) is 3.30. The highest BCUT2D eigenvalue weighted by Crippen LogP contribution is 2.68. The van der Waals surface area contributed by atoms with Gasteiger partial charge in [0.15, 0.2) is 12.4 Å². The molecule has 3 saturated carbocycles. The first-order chi connectivity index (χ1) is 25.0. The van der Waals surface area contributed by atoms with Gasteiger partial charge in [0, 0.05) is 30.1 Å². The van der Waals surface area contributed by atoms with E-state index in [1.165, 1.54) is 19.1 Å². The van der Waals surface area contributed by atoms with Gasteiger partial charge in [-0.1, -0.05) is 44.6 Å². The first kappa shape index (κ1) is 39.6. The Labute approximate surface area is 307 Å². The molecule has 15 nitrogen and oxygen atoms in total. The van der Waals surface area contributed by atoms with Gasteiger partial charge in [-0.3, -0.25) is 14.4 Å². The number of nitrogens with zero attached hydrogens (tertiary/aromatic N) is 1. The average molecular weight is 741 g/mol. The molecular formula is C38H48N2O13. The van der Waals surface area contributed by atoms with E-state index >= 15 is 0 Å². The number of ether oxygens (including phenoxy) is 3. The molecule has 288 valence electrons. The molecular weight excluding hydrogens is 692 g/mol. The number of carbonyl (C=O) groups excluding carboxylic acids is 5. The molecule has 2 unspecified atom stereocenters. The number of rotatable bonds is 14. The molecule has 0 aliphatic heterocycles. The Hall–Kier alpha value is -4.63. The predicted molar refractivity (Wildman–Crippen MR) is 185 cm³/mol. The number of unbranched alkanes of at least 4 members (excludes halogenated alkanes) is 1. The quantitative estimate of drug-likeness (QED) is 0.0818. The second kappa shape index (κ2) is 15.8. The molecule has 1 aromatic carbocycles. The number of allylic oxidation sites excluding steroid dienone is 4. The van der Waals surface area contributed by atoms with Crippen LogP contribution in [0, 0.1) is 44.6 Å². The maximum Gasteiger partial charge on any atom is 0.514 e. The third-order valence-corrected chi connectivity index (χ3v) is 12.0. The summed E-state index contributed by atoms with van der Waals surface area (Å²) < 4.78 is 15.7. The first-order valence-electron chi connectivity index (χ1n) is 18.0. The fraction of sp³-hybridized carbons (Fsp3) is 0.605. The fourth-order valence-corrected chi connectivity index (χ4v) is 9.60. The number of carbonyl (C=O) groups is 5. The van der Waals surface area contributed by atoms with Gasteiger partial charge in [0.2, 0.25) is 11.7 Å². The zero-order valence-electron chi connectivity index (χ0n) is 30.4. The van der Waals surface area contributed by atoms with Crippen LogP contribution >= 0.6 is 0 Å². The predicted octanol–water partition coefficient (Wildman–Crippen LogP) is 3.61. The lowest BCUT2D eigenvalue weighted by Gasteiger charge is -2.59. The third kappa shape index (κ3) is 8.00. The molecule has 4 aliphatic rings. The number of Topliss-reactive ketones (excluding diaryl/α,β-unsaturated/α-hetero) is 1. The minimum atomic E-state index is -1.86. The fourth-order valence-electron chi connectivity index (χ4n) is 9.60. The molecule has 9 atom stereocenters. The maximum absolute atomic E-state index is 13.8. The lowest BCUT2D eigenvalue weighted by atomic mass is 9.46. The van der Waals surface area contributed by atoms with Gasteiger partial charge < -0.3 is 34.6 Å². The Balaban J connectivity index is 1.15. The summed E-state index contributed by atoms with van der Waals surface area (Å²) in [5.41, 5.74) is -1.72. The van der Waals surface area contributed by atoms with Gasteiger partial charge in [-0.15, -0.1) is 10.1 Å². The number of esters is 1. The van der Waals surface area contributed by atoms with Crippen LogP contribution in [0.1, 0.15) is 71.8 Å². The number of amides is 1. The molecule has 15 heteroatoms. The molecule has 0 saturated heterocycles. The number of hydrogen-bond donors (Lipinski definition) is 3. The summed E-state index contributed by atoms with van der Waals surface area (Å²) in [4.78, 5) is 77.4. The van der Waals surface area contributed by atoms with Crippen LogP contribution in [0.2, 0.25) is 0 Å². The lowest BCUT2D eigenvalue weighted by Crippen LogP contribution is -2.62. The zero-order valence-corrected chi connectivity index (χ0v) is 30.4. The summed E-state index contributed by atoms with van der Waals surface area (Å²) in [6.45, 7) is 6.08. The summed E-state index contributed by atoms with van der Waals surface area (Å²) in [5, 5.41) is 35.7. The molecule has 0 aromatic heterocycles. The van der Waals surface area contributed by atoms with E-state index in [1.807, 2.05) is 19.9 Å². The Morgan fingerprint density at radius 1 is 1.09 bits per heavy atom. The molecule has 4 aliphatic carbocycles. The summed E-state index contributed by atoms with van der Waals surface area (Å²) in [6.07, 6.45) is 5.98. The normalized spacial score (nSPS) is 31.8. The van der Waals surface area contributed by atoms with Crippen molar-refractivity contribution in [1.82, 2.24) is 5.32 Å². The van der Waals surface area contributed by atoms with Crippen LogP contribution in [0.25, 0.3) is 0 Å². The van der Waals surface area contributed by atoms with E-state index in [9.17, 15) is 44.3 Å². The smallest absolute Gasteiger partial charge is 0.464 e. The van der Waals surface area contributed by atoms with E-state index in [0.717, 1.165) is 12.0 Å². The van der Waals surface area contributed by atoms with Crippen LogP contribution in [0.5, 0.6) is 5.75 Å². The van der Waals surface area contributed by atoms with E-state index in [1.54, 1.807) is 24.3 Å². The second-order valence-electron chi connectivity index (χ2n) is 15.2. The van der Waals surface area contributed by atoms with E-state index in [-0.39, 0.29) is 55.3 Å². The van der Waals surface area contributed by atoms with Gasteiger partial charge in [0.25, 0.3) is 5.09 Å². The van der Waals surface area contributed by atoms with E-state index in [0.29, 0.717) is 31.2 Å². The zero-order chi connectivity index (χ0) is 38.7. The summed E-state index contributed by atoms with van der Waals surface area (Å²) in [7, 11) is 0. The molecule has 3 fully saturated rings. The van der Waals surface area contributed by atoms with Crippen LogP contribution in [0.3, 0.4) is 0 Å². The van der Waals surface area contributed by atoms with Crippen LogP contribution < -0.4 is 10.1 Å². The standard InChI is InChI=1S/C38H48N2O13/c1-22-17-29-28-12-9-25-19-26(42)13-14-36(25,3)33(28)31(43)20-37(29,4)38(22,47)32(44)21-51-35(46)53-27-10-7-24(8-11-27)18-30(39-23(2)41)34(45)50-15-5-6-16-52-40(48)49/h7-8,10-11,13-14,19,22,28-31,33,43,47H,5-6,9,12,15-18,20-21H2,1-4H3,(H,39,41)/t22-,28-,29?,30-,31-,33?,36-,37-,38-/m0/s1. The minimum absolute atomic E-state index is 0.0101. The number of hydrogen-bond acceptors (Lipinski definition) is 13. The summed E-state index contributed by atoms with van der Waals surface area (Å²) in [5.74, 6) is -2.49. The Kier molecular flexibility index (Phi) is 11.8. The monoisotopic (exact) mass is 740 g/mol. The molecule has 5 rings (SSSR count). The number of aliphatic hydroxyl groups excluding tert-OH is 1. The van der Waals surface area contributed by atoms with Crippen LogP contribution in [0.4, 0.5) is 4.79 Å². The molecule has 3 N–H and O–H groups in total. The molecule has 0 heterocycles. The minimum Gasteiger partial charge on any atom is -0.464 e. The van der Waals surface area contributed by atoms with Gasteiger partial charge >= 0.3 is 12.1 Å². The third-order valence-electron chi connectivity index (χ3n) is 12.0. The van der Waals surface area contributed by atoms with Gasteiger partial charge in [-0.25, -0.2) is 9.59 Å². The van der Waals surface area contributed by atoms with Gasteiger partial charge in [0.1, 0.15) is 17.4 Å². The van der Waals surface area contributed by atoms with Crippen molar-refractivity contribution >= 4 is 29.6 Å². The van der Waals surface area contributed by atoms with E-state index in [4.69, 9.17) is 14.2 Å². The van der Waals surface area contributed by atoms with Crippen LogP contribution in [-0.2, 0) is 39.9 Å². The molecule has 1 amide bonds. The summed E-state index contributed by atoms with van der Waals surface area (Å²) in [6, 6.07) is 5.02. The highest BCUT2D eigenvalue weighted by molar-refractivity contribution is 6.01. The number of fused-ring (bicyclic) bond motifs is 5. The number of aliphatic hydroxyl groups is 2. The molecule has 1 aromatic rings. The van der Waals surface area contributed by atoms with Gasteiger partial charge in [-0.05, 0) is 86.1 Å². The van der Waals surface area contributed by atoms with Crippen molar-refractivity contribution in [3.05, 3.63) is 63.7 Å². The maximum atomic E-state index is 13.8.